The van der Waals surface area contributed by atoms with Gasteiger partial charge in [0, 0.05) is 17.5 Å². The van der Waals surface area contributed by atoms with Crippen LogP contribution in [-0.4, -0.2) is 61.4 Å². The minimum absolute atomic E-state index is 0.109. The molecule has 3 rings (SSSR count). The first-order valence-electron chi connectivity index (χ1n) is 7.97. The fourth-order valence-corrected chi connectivity index (χ4v) is 8.26. The minimum atomic E-state index is -2.50. The van der Waals surface area contributed by atoms with E-state index < -0.39 is 38.1 Å². The molecular weight excluding hydrogens is 344 g/mol. The fourth-order valence-electron chi connectivity index (χ4n) is 4.00. The van der Waals surface area contributed by atoms with E-state index in [1.54, 1.807) is 45.2 Å². The number of rotatable bonds is 3. The van der Waals surface area contributed by atoms with Gasteiger partial charge in [0.15, 0.2) is 0 Å². The molecule has 0 aliphatic carbocycles. The molecule has 7 nitrogen and oxygen atoms in total. The Balaban J connectivity index is 2.09. The number of para-hydroxylation sites is 1. The summed E-state index contributed by atoms with van der Waals surface area (Å²) in [5, 5.41) is 19.1. The predicted octanol–water partition coefficient (Wildman–Crippen LogP) is 1.80. The van der Waals surface area contributed by atoms with Crippen molar-refractivity contribution in [1.29, 1.82) is 0 Å². The van der Waals surface area contributed by atoms with E-state index >= 15 is 0 Å². The van der Waals surface area contributed by atoms with E-state index in [1.165, 1.54) is 9.80 Å². The monoisotopic (exact) mass is 366 g/mol. The third-order valence-corrected chi connectivity index (χ3v) is 10.2. The van der Waals surface area contributed by atoms with Gasteiger partial charge in [-0.25, -0.2) is 4.79 Å². The summed E-state index contributed by atoms with van der Waals surface area (Å²) in [6.07, 6.45) is 0.109. The van der Waals surface area contributed by atoms with Gasteiger partial charge in [0.05, 0.1) is 17.7 Å². The molecule has 0 spiro atoms. The number of aliphatic carboxylic acids is 1. The van der Waals surface area contributed by atoms with Gasteiger partial charge >= 0.3 is 5.97 Å². The van der Waals surface area contributed by atoms with Crippen LogP contribution in [0.4, 0.5) is 10.5 Å². The van der Waals surface area contributed by atoms with Crippen LogP contribution in [0.5, 0.6) is 0 Å². The molecular formula is C17H22N2O5S. The Morgan fingerprint density at radius 1 is 1.32 bits per heavy atom. The van der Waals surface area contributed by atoms with E-state index in [-0.39, 0.29) is 17.6 Å². The Morgan fingerprint density at radius 3 is 2.36 bits per heavy atom. The zero-order valence-electron chi connectivity index (χ0n) is 14.4. The zero-order valence-corrected chi connectivity index (χ0v) is 15.2. The number of carbonyl (C=O) groups is 3. The summed E-state index contributed by atoms with van der Waals surface area (Å²) >= 11 is 0. The molecule has 2 aliphatic heterocycles. The Hall–Kier alpha value is -2.06. The molecule has 1 aromatic carbocycles. The normalized spacial score (nSPS) is 32.3. The van der Waals surface area contributed by atoms with Gasteiger partial charge in [0.2, 0.25) is 5.91 Å². The number of β-lactam (4-membered cyclic amide) rings is 1. The van der Waals surface area contributed by atoms with Crippen molar-refractivity contribution < 1.29 is 24.6 Å². The lowest BCUT2D eigenvalue weighted by Gasteiger charge is -2.50. The van der Waals surface area contributed by atoms with Crippen molar-refractivity contribution in [2.75, 3.05) is 17.9 Å². The van der Waals surface area contributed by atoms with Gasteiger partial charge in [-0.3, -0.25) is 9.59 Å². The van der Waals surface area contributed by atoms with Crippen molar-refractivity contribution in [1.82, 2.24) is 4.90 Å². The lowest BCUT2D eigenvalue weighted by atomic mass is 9.98. The maximum Gasteiger partial charge on any atom is 0.327 e. The van der Waals surface area contributed by atoms with E-state index in [0.717, 1.165) is 0 Å². The topological polar surface area (TPSA) is 98.2 Å². The quantitative estimate of drug-likeness (QED) is 0.795. The van der Waals surface area contributed by atoms with Crippen LogP contribution in [0.3, 0.4) is 0 Å². The Kier molecular flexibility index (Phi) is 4.08. The molecule has 136 valence electrons. The van der Waals surface area contributed by atoms with Gasteiger partial charge in [-0.2, -0.15) is 0 Å². The van der Waals surface area contributed by atoms with Gasteiger partial charge < -0.3 is 20.0 Å². The number of nitrogens with zero attached hydrogens (tertiary/aromatic N) is 2. The molecule has 2 aliphatic rings. The molecule has 0 bridgehead atoms. The minimum Gasteiger partial charge on any atom is -0.480 e. The third kappa shape index (κ3) is 2.13. The predicted molar refractivity (Wildman–Crippen MR) is 95.7 cm³/mol. The van der Waals surface area contributed by atoms with Gasteiger partial charge in [-0.15, -0.1) is 10.0 Å². The maximum atomic E-state index is 13.5. The van der Waals surface area contributed by atoms with E-state index in [9.17, 15) is 24.6 Å². The highest BCUT2D eigenvalue weighted by Gasteiger charge is 2.71. The number of carboxylic acid groups (broad SMARTS) is 1. The molecule has 2 N–H and O–H groups in total. The van der Waals surface area contributed by atoms with Crippen molar-refractivity contribution in [2.45, 2.75) is 36.4 Å². The van der Waals surface area contributed by atoms with Crippen LogP contribution in [0.25, 0.3) is 0 Å². The van der Waals surface area contributed by atoms with Crippen molar-refractivity contribution >= 4 is 32.8 Å². The summed E-state index contributed by atoms with van der Waals surface area (Å²) in [5.41, 5.74) is 0.666. The van der Waals surface area contributed by atoms with Crippen molar-refractivity contribution in [3.8, 4) is 0 Å². The van der Waals surface area contributed by atoms with Crippen LogP contribution in [0.1, 0.15) is 20.3 Å². The second-order valence-corrected chi connectivity index (χ2v) is 10.7. The second kappa shape index (κ2) is 5.74. The molecule has 1 unspecified atom stereocenters. The summed E-state index contributed by atoms with van der Waals surface area (Å²) in [5.74, 6) is -1.85. The largest absolute Gasteiger partial charge is 0.480 e. The number of carboxylic acids is 1. The molecule has 0 saturated carbocycles. The number of aliphatic hydroxyl groups excluding tert-OH is 1. The summed E-state index contributed by atoms with van der Waals surface area (Å²) in [7, 11) is -0.883. The molecule has 0 radical (unpaired) electrons. The van der Waals surface area contributed by atoms with Crippen molar-refractivity contribution in [2.24, 2.45) is 0 Å². The molecule has 2 heterocycles. The van der Waals surface area contributed by atoms with Gasteiger partial charge in [-0.1, -0.05) is 18.2 Å². The lowest BCUT2D eigenvalue weighted by molar-refractivity contribution is -0.157. The first-order chi connectivity index (χ1) is 11.7. The first kappa shape index (κ1) is 17.8. The number of hydrogen-bond donors (Lipinski definition) is 2. The molecule has 0 aromatic heterocycles. The summed E-state index contributed by atoms with van der Waals surface area (Å²) < 4.78 is -1.04. The smallest absolute Gasteiger partial charge is 0.327 e. The number of carbonyl (C=O) groups excluding carboxylic acids is 2. The zero-order chi connectivity index (χ0) is 18.6. The van der Waals surface area contributed by atoms with Crippen molar-refractivity contribution in [3.05, 3.63) is 30.3 Å². The standard InChI is InChI=1S/C17H22N2O5S/c1-17(2)14(15(22)23)19-12(21)9-13(19)25(17,10-20)16(24)18(3)11-7-5-4-6-8-11/h4-8,13-14,20H,9-10H2,1-3H3,(H,22,23)/t13-,14+/m1/s1. The molecule has 8 heteroatoms. The number of hydrogen-bond acceptors (Lipinski definition) is 4. The number of amides is 2. The first-order valence-corrected chi connectivity index (χ1v) is 9.83. The highest BCUT2D eigenvalue weighted by Crippen LogP contribution is 2.74. The van der Waals surface area contributed by atoms with Gasteiger partial charge in [0.1, 0.15) is 6.04 Å². The van der Waals surface area contributed by atoms with Crippen molar-refractivity contribution in [3.63, 3.8) is 0 Å². The molecule has 2 saturated heterocycles. The van der Waals surface area contributed by atoms with Crippen LogP contribution < -0.4 is 4.90 Å². The molecule has 2 fully saturated rings. The number of fused-ring (bicyclic) bond motifs is 1. The molecule has 1 aromatic rings. The number of aliphatic hydroxyl groups is 1. The number of benzene rings is 1. The van der Waals surface area contributed by atoms with Crippen LogP contribution in [0, 0.1) is 0 Å². The lowest BCUT2D eigenvalue weighted by Crippen LogP contribution is -2.57. The average molecular weight is 366 g/mol. The number of anilines is 1. The fraction of sp³-hybridized carbons (Fsp3) is 0.471. The van der Waals surface area contributed by atoms with Crippen LogP contribution in [0.2, 0.25) is 0 Å². The van der Waals surface area contributed by atoms with E-state index in [0.29, 0.717) is 5.69 Å². The van der Waals surface area contributed by atoms with E-state index in [2.05, 4.69) is 0 Å². The third-order valence-electron chi connectivity index (χ3n) is 5.45. The summed E-state index contributed by atoms with van der Waals surface area (Å²) in [4.78, 5) is 40.1. The second-order valence-electron chi connectivity index (χ2n) is 6.89. The van der Waals surface area contributed by atoms with Crippen LogP contribution in [-0.2, 0) is 9.59 Å². The average Bonchev–Trinajstić information content (AvgIpc) is 2.75. The summed E-state index contributed by atoms with van der Waals surface area (Å²) in [6, 6.07) is 7.90. The van der Waals surface area contributed by atoms with E-state index in [4.69, 9.17) is 0 Å². The molecule has 2 amide bonds. The van der Waals surface area contributed by atoms with Gasteiger partial charge in [-0.05, 0) is 26.0 Å². The Bertz CT molecular complexity index is 738. The summed E-state index contributed by atoms with van der Waals surface area (Å²) in [6.45, 7) is 3.36. The highest BCUT2D eigenvalue weighted by molar-refractivity contribution is 8.46. The highest BCUT2D eigenvalue weighted by atomic mass is 32.3. The van der Waals surface area contributed by atoms with Crippen LogP contribution >= 0.6 is 10.0 Å². The van der Waals surface area contributed by atoms with E-state index in [1.807, 2.05) is 6.07 Å². The molecule has 3 atom stereocenters. The maximum absolute atomic E-state index is 13.5. The Morgan fingerprint density at radius 2 is 1.92 bits per heavy atom. The molecule has 25 heavy (non-hydrogen) atoms. The SMILES string of the molecule is CN(C(=O)S1(CO)[C@@H]2CC(=O)N2[C@@H](C(=O)O)C1(C)C)c1ccccc1. The van der Waals surface area contributed by atoms with Crippen LogP contribution in [0.15, 0.2) is 30.3 Å². The Labute approximate surface area is 147 Å². The van der Waals surface area contributed by atoms with Gasteiger partial charge in [0.25, 0.3) is 5.24 Å².